The zero-order valence-corrected chi connectivity index (χ0v) is 12.2. The van der Waals surface area contributed by atoms with E-state index in [4.69, 9.17) is 0 Å². The first-order valence-corrected chi connectivity index (χ1v) is 7.63. The summed E-state index contributed by atoms with van der Waals surface area (Å²) in [5.41, 5.74) is 0.477. The van der Waals surface area contributed by atoms with Crippen LogP contribution in [-0.4, -0.2) is 36.0 Å². The number of amides is 1. The molecule has 2 aliphatic heterocycles. The fourth-order valence-corrected chi connectivity index (χ4v) is 3.53. The molecule has 5 heteroatoms. The maximum atomic E-state index is 13.2. The zero-order valence-electron chi connectivity index (χ0n) is 11.3. The van der Waals surface area contributed by atoms with Crippen molar-refractivity contribution in [2.24, 2.45) is 0 Å². The topological polar surface area (TPSA) is 32.3 Å². The Morgan fingerprint density at radius 2 is 2.15 bits per heavy atom. The Kier molecular flexibility index (Phi) is 3.98. The fraction of sp³-hybridized carbons (Fsp3) is 0.533. The smallest absolute Gasteiger partial charge is 0.251 e. The molecule has 0 radical (unpaired) electrons. The number of hydrogen-bond donors (Lipinski definition) is 2. The van der Waals surface area contributed by atoms with E-state index in [9.17, 15) is 9.18 Å². The molecule has 0 saturated carbocycles. The van der Waals surface area contributed by atoms with E-state index in [0.717, 1.165) is 25.9 Å². The lowest BCUT2D eigenvalue weighted by atomic mass is 9.99. The Bertz CT molecular complexity index is 523. The second kappa shape index (κ2) is 5.74. The van der Waals surface area contributed by atoms with E-state index in [2.05, 4.69) is 22.8 Å². The van der Waals surface area contributed by atoms with Gasteiger partial charge in [0.25, 0.3) is 5.91 Å². The van der Waals surface area contributed by atoms with E-state index in [-0.39, 0.29) is 16.8 Å². The number of carbonyl (C=O) groups is 1. The van der Waals surface area contributed by atoms with Crippen LogP contribution < -0.4 is 5.32 Å². The molecular formula is C15H19FN2OS. The van der Waals surface area contributed by atoms with Gasteiger partial charge in [0.2, 0.25) is 0 Å². The molecule has 20 heavy (non-hydrogen) atoms. The highest BCUT2D eigenvalue weighted by Crippen LogP contribution is 2.27. The predicted octanol–water partition coefficient (Wildman–Crippen LogP) is 2.47. The molecule has 2 atom stereocenters. The number of rotatable bonds is 2. The van der Waals surface area contributed by atoms with Crippen molar-refractivity contribution in [3.63, 3.8) is 0 Å². The van der Waals surface area contributed by atoms with Crippen molar-refractivity contribution >= 4 is 18.5 Å². The Morgan fingerprint density at radius 1 is 1.30 bits per heavy atom. The molecular weight excluding hydrogens is 275 g/mol. The van der Waals surface area contributed by atoms with Crippen LogP contribution in [0.15, 0.2) is 23.1 Å². The summed E-state index contributed by atoms with van der Waals surface area (Å²) >= 11 is 4.02. The summed E-state index contributed by atoms with van der Waals surface area (Å²) in [6.45, 7) is 2.21. The SMILES string of the molecule is O=C(NC1CCN2CCCCC12)c1ccc(F)c(S)c1. The third-order valence-corrected chi connectivity index (χ3v) is 4.72. The van der Waals surface area contributed by atoms with E-state index in [1.807, 2.05) is 0 Å². The maximum absolute atomic E-state index is 13.2. The molecule has 3 nitrogen and oxygen atoms in total. The largest absolute Gasteiger partial charge is 0.348 e. The van der Waals surface area contributed by atoms with Gasteiger partial charge in [0, 0.05) is 29.1 Å². The molecule has 1 aromatic carbocycles. The zero-order chi connectivity index (χ0) is 14.1. The molecule has 1 amide bonds. The summed E-state index contributed by atoms with van der Waals surface area (Å²) in [4.78, 5) is 14.9. The van der Waals surface area contributed by atoms with E-state index in [0.29, 0.717) is 11.6 Å². The number of carbonyl (C=O) groups excluding carboxylic acids is 1. The van der Waals surface area contributed by atoms with Gasteiger partial charge in [-0.25, -0.2) is 4.39 Å². The van der Waals surface area contributed by atoms with Crippen LogP contribution >= 0.6 is 12.6 Å². The monoisotopic (exact) mass is 294 g/mol. The highest BCUT2D eigenvalue weighted by molar-refractivity contribution is 7.80. The number of thiol groups is 1. The molecule has 2 saturated heterocycles. The van der Waals surface area contributed by atoms with Gasteiger partial charge in [-0.15, -0.1) is 12.6 Å². The summed E-state index contributed by atoms with van der Waals surface area (Å²) in [6.07, 6.45) is 4.67. The van der Waals surface area contributed by atoms with Crippen molar-refractivity contribution in [2.75, 3.05) is 13.1 Å². The lowest BCUT2D eigenvalue weighted by molar-refractivity contribution is 0.0915. The first-order valence-electron chi connectivity index (χ1n) is 7.18. The fourth-order valence-electron chi connectivity index (χ4n) is 3.32. The van der Waals surface area contributed by atoms with Gasteiger partial charge < -0.3 is 5.32 Å². The highest BCUT2D eigenvalue weighted by Gasteiger charge is 2.36. The van der Waals surface area contributed by atoms with Gasteiger partial charge >= 0.3 is 0 Å². The van der Waals surface area contributed by atoms with Crippen LogP contribution in [0.5, 0.6) is 0 Å². The maximum Gasteiger partial charge on any atom is 0.251 e. The van der Waals surface area contributed by atoms with Crippen LogP contribution in [0.25, 0.3) is 0 Å². The molecule has 0 spiro atoms. The van der Waals surface area contributed by atoms with E-state index < -0.39 is 5.82 Å². The van der Waals surface area contributed by atoms with Crippen LogP contribution in [0.3, 0.4) is 0 Å². The van der Waals surface area contributed by atoms with Crippen LogP contribution in [0.1, 0.15) is 36.0 Å². The average Bonchev–Trinajstić information content (AvgIpc) is 2.85. The van der Waals surface area contributed by atoms with Crippen LogP contribution in [-0.2, 0) is 0 Å². The van der Waals surface area contributed by atoms with E-state index in [1.54, 1.807) is 0 Å². The van der Waals surface area contributed by atoms with Crippen molar-refractivity contribution < 1.29 is 9.18 Å². The average molecular weight is 294 g/mol. The Labute approximate surface area is 123 Å². The number of hydrogen-bond acceptors (Lipinski definition) is 3. The van der Waals surface area contributed by atoms with Crippen molar-refractivity contribution in [1.29, 1.82) is 0 Å². The van der Waals surface area contributed by atoms with E-state index in [1.165, 1.54) is 31.0 Å². The van der Waals surface area contributed by atoms with Gasteiger partial charge in [0.15, 0.2) is 0 Å². The van der Waals surface area contributed by atoms with Gasteiger partial charge in [0.05, 0.1) is 0 Å². The summed E-state index contributed by atoms with van der Waals surface area (Å²) in [7, 11) is 0. The Balaban J connectivity index is 1.68. The number of benzene rings is 1. The minimum absolute atomic E-state index is 0.127. The normalized spacial score (nSPS) is 26.3. The van der Waals surface area contributed by atoms with Crippen molar-refractivity contribution in [1.82, 2.24) is 10.2 Å². The number of halogens is 1. The van der Waals surface area contributed by atoms with Gasteiger partial charge in [-0.2, -0.15) is 0 Å². The lowest BCUT2D eigenvalue weighted by Crippen LogP contribution is -2.46. The molecule has 0 aromatic heterocycles. The quantitative estimate of drug-likeness (QED) is 0.821. The number of piperidine rings is 1. The lowest BCUT2D eigenvalue weighted by Gasteiger charge is -2.32. The molecule has 0 bridgehead atoms. The molecule has 2 unspecified atom stereocenters. The number of fused-ring (bicyclic) bond motifs is 1. The summed E-state index contributed by atoms with van der Waals surface area (Å²) < 4.78 is 13.2. The van der Waals surface area contributed by atoms with Gasteiger partial charge in [-0.3, -0.25) is 9.69 Å². The Morgan fingerprint density at radius 3 is 2.95 bits per heavy atom. The number of nitrogens with zero attached hydrogens (tertiary/aromatic N) is 1. The van der Waals surface area contributed by atoms with E-state index >= 15 is 0 Å². The molecule has 0 aliphatic carbocycles. The Hall–Kier alpha value is -1.07. The van der Waals surface area contributed by atoms with Gasteiger partial charge in [-0.05, 0) is 44.0 Å². The van der Waals surface area contributed by atoms with Crippen molar-refractivity contribution in [3.8, 4) is 0 Å². The molecule has 3 rings (SSSR count). The van der Waals surface area contributed by atoms with Gasteiger partial charge in [-0.1, -0.05) is 6.42 Å². The first kappa shape index (κ1) is 13.9. The standard InChI is InChI=1S/C15H19FN2OS/c16-11-5-4-10(9-14(11)20)15(19)17-12-6-8-18-7-2-1-3-13(12)18/h4-5,9,12-13,20H,1-3,6-8H2,(H,17,19). The summed E-state index contributed by atoms with van der Waals surface area (Å²) in [6, 6.07) is 4.98. The predicted molar refractivity (Wildman–Crippen MR) is 78.7 cm³/mol. The van der Waals surface area contributed by atoms with Crippen LogP contribution in [0.2, 0.25) is 0 Å². The molecule has 2 heterocycles. The second-order valence-corrected chi connectivity index (χ2v) is 6.12. The molecule has 1 aromatic rings. The first-order chi connectivity index (χ1) is 9.65. The second-order valence-electron chi connectivity index (χ2n) is 5.63. The minimum atomic E-state index is -0.399. The number of nitrogens with one attached hydrogen (secondary N) is 1. The molecule has 2 fully saturated rings. The third-order valence-electron chi connectivity index (χ3n) is 4.38. The minimum Gasteiger partial charge on any atom is -0.348 e. The molecule has 1 N–H and O–H groups in total. The molecule has 2 aliphatic rings. The van der Waals surface area contributed by atoms with Crippen LogP contribution in [0, 0.1) is 5.82 Å². The highest BCUT2D eigenvalue weighted by atomic mass is 32.1. The van der Waals surface area contributed by atoms with Crippen LogP contribution in [0.4, 0.5) is 4.39 Å². The molecule has 108 valence electrons. The summed E-state index contributed by atoms with van der Waals surface area (Å²) in [5.74, 6) is -0.526. The summed E-state index contributed by atoms with van der Waals surface area (Å²) in [5, 5.41) is 3.10. The van der Waals surface area contributed by atoms with Crippen molar-refractivity contribution in [2.45, 2.75) is 42.7 Å². The van der Waals surface area contributed by atoms with Crippen molar-refractivity contribution in [3.05, 3.63) is 29.6 Å². The third kappa shape index (κ3) is 2.69. The van der Waals surface area contributed by atoms with Gasteiger partial charge in [0.1, 0.15) is 5.82 Å².